The van der Waals surface area contributed by atoms with Gasteiger partial charge in [0.25, 0.3) is 0 Å². The van der Waals surface area contributed by atoms with E-state index in [1.807, 2.05) is 0 Å². The first-order valence-electron chi connectivity index (χ1n) is 7.70. The Morgan fingerprint density at radius 3 is 1.89 bits per heavy atom. The lowest BCUT2D eigenvalue weighted by Crippen LogP contribution is -2.23. The van der Waals surface area contributed by atoms with Crippen molar-refractivity contribution < 1.29 is 41.4 Å². The van der Waals surface area contributed by atoms with Crippen LogP contribution in [0.3, 0.4) is 0 Å². The van der Waals surface area contributed by atoms with Crippen molar-refractivity contribution in [2.24, 2.45) is 5.92 Å². The maximum absolute atomic E-state index is 13.0. The molecule has 1 aliphatic rings. The monoisotopic (exact) mass is 390 g/mol. The second kappa shape index (κ2) is 6.35. The Bertz CT molecular complexity index is 855. The summed E-state index contributed by atoms with van der Waals surface area (Å²) in [5, 5.41) is 20.7. The van der Waals surface area contributed by atoms with Gasteiger partial charge in [0.05, 0.1) is 29.3 Å². The van der Waals surface area contributed by atoms with E-state index in [0.717, 1.165) is 0 Å². The highest BCUT2D eigenvalue weighted by Crippen LogP contribution is 2.44. The van der Waals surface area contributed by atoms with Crippen LogP contribution in [0.1, 0.15) is 44.8 Å². The van der Waals surface area contributed by atoms with Crippen LogP contribution in [0.25, 0.3) is 0 Å². The second-order valence-electron chi connectivity index (χ2n) is 6.21. The number of ketones is 1. The van der Waals surface area contributed by atoms with Gasteiger partial charge < -0.3 is 10.2 Å². The molecule has 9 heteroatoms. The van der Waals surface area contributed by atoms with Crippen molar-refractivity contribution in [3.05, 3.63) is 70.3 Å². The van der Waals surface area contributed by atoms with E-state index >= 15 is 0 Å². The van der Waals surface area contributed by atoms with Gasteiger partial charge >= 0.3 is 12.4 Å². The molecular weight excluding hydrogens is 378 g/mol. The molecule has 2 N–H and O–H groups in total. The number of halogens is 6. The third kappa shape index (κ3) is 3.44. The molecule has 0 fully saturated rings. The Balaban J connectivity index is 2.07. The predicted octanol–water partition coefficient (Wildman–Crippen LogP) is 4.30. The summed E-state index contributed by atoms with van der Waals surface area (Å²) in [6.45, 7) is 0. The number of alkyl halides is 6. The van der Waals surface area contributed by atoms with Crippen molar-refractivity contribution in [1.82, 2.24) is 0 Å². The molecule has 2 aromatic rings. The van der Waals surface area contributed by atoms with Gasteiger partial charge in [-0.2, -0.15) is 26.3 Å². The minimum Gasteiger partial charge on any atom is -0.388 e. The summed E-state index contributed by atoms with van der Waals surface area (Å²) in [6, 6.07) is 6.39. The summed E-state index contributed by atoms with van der Waals surface area (Å²) in [4.78, 5) is 12.4. The molecule has 3 rings (SSSR count). The lowest BCUT2D eigenvalue weighted by molar-refractivity contribution is -0.143. The fourth-order valence-corrected chi connectivity index (χ4v) is 3.17. The van der Waals surface area contributed by atoms with Gasteiger partial charge in [-0.3, -0.25) is 4.79 Å². The number of carbonyl (C=O) groups is 1. The molecule has 0 aliphatic heterocycles. The summed E-state index contributed by atoms with van der Waals surface area (Å²) in [5.74, 6) is -2.36. The predicted molar refractivity (Wildman–Crippen MR) is 80.6 cm³/mol. The highest BCUT2D eigenvalue weighted by atomic mass is 19.4. The molecular formula is C18H12F6O3. The first-order valence-corrected chi connectivity index (χ1v) is 7.70. The van der Waals surface area contributed by atoms with E-state index in [4.69, 9.17) is 0 Å². The topological polar surface area (TPSA) is 57.5 Å². The van der Waals surface area contributed by atoms with Gasteiger partial charge in [0, 0.05) is 5.56 Å². The Kier molecular flexibility index (Phi) is 4.55. The van der Waals surface area contributed by atoms with Crippen LogP contribution in [-0.2, 0) is 12.4 Å². The zero-order chi connectivity index (χ0) is 20.1. The first-order chi connectivity index (χ1) is 12.4. The van der Waals surface area contributed by atoms with Gasteiger partial charge in [0.1, 0.15) is 0 Å². The van der Waals surface area contributed by atoms with Crippen LogP contribution in [0.15, 0.2) is 42.5 Å². The molecule has 0 amide bonds. The molecule has 3 unspecified atom stereocenters. The number of hydrogen-bond donors (Lipinski definition) is 2. The zero-order valence-corrected chi connectivity index (χ0v) is 13.3. The smallest absolute Gasteiger partial charge is 0.388 e. The number of benzene rings is 2. The van der Waals surface area contributed by atoms with Crippen molar-refractivity contribution in [2.45, 2.75) is 24.6 Å². The molecule has 0 spiro atoms. The molecule has 0 radical (unpaired) electrons. The van der Waals surface area contributed by atoms with Crippen LogP contribution in [0.5, 0.6) is 0 Å². The number of carbonyl (C=O) groups excluding carboxylic acids is 1. The second-order valence-corrected chi connectivity index (χ2v) is 6.21. The molecule has 2 aromatic carbocycles. The van der Waals surface area contributed by atoms with Crippen LogP contribution in [-0.4, -0.2) is 16.0 Å². The maximum Gasteiger partial charge on any atom is 0.416 e. The SMILES string of the molecule is O=C1c2ccccc2C(O)C1C(O)c1cc(C(F)(F)F)cc(C(F)(F)F)c1. The number of rotatable bonds is 2. The quantitative estimate of drug-likeness (QED) is 0.752. The van der Waals surface area contributed by atoms with E-state index in [1.54, 1.807) is 0 Å². The average Bonchev–Trinajstić information content (AvgIpc) is 2.84. The van der Waals surface area contributed by atoms with E-state index in [-0.39, 0.29) is 17.2 Å². The van der Waals surface area contributed by atoms with Gasteiger partial charge in [-0.15, -0.1) is 0 Å². The number of Topliss-reactive ketones (excluding diaryl/α,β-unsaturated/α-hetero) is 1. The zero-order valence-electron chi connectivity index (χ0n) is 13.3. The van der Waals surface area contributed by atoms with Crippen LogP contribution in [0.4, 0.5) is 26.3 Å². The molecule has 0 aromatic heterocycles. The van der Waals surface area contributed by atoms with Gasteiger partial charge in [-0.1, -0.05) is 24.3 Å². The van der Waals surface area contributed by atoms with E-state index < -0.39 is 53.0 Å². The third-order valence-electron chi connectivity index (χ3n) is 4.48. The van der Waals surface area contributed by atoms with E-state index in [2.05, 4.69) is 0 Å². The van der Waals surface area contributed by atoms with Gasteiger partial charge in [-0.05, 0) is 29.3 Å². The van der Waals surface area contributed by atoms with Crippen molar-refractivity contribution in [2.75, 3.05) is 0 Å². The van der Waals surface area contributed by atoms with Crippen LogP contribution in [0.2, 0.25) is 0 Å². The standard InChI is InChI=1S/C18H12F6O3/c19-17(20,21)9-5-8(6-10(7-9)18(22,23)24)14(25)13-15(26)11-3-1-2-4-12(11)16(13)27/h1-7,13-15,25-26H. The van der Waals surface area contributed by atoms with Gasteiger partial charge in [0.2, 0.25) is 0 Å². The molecule has 144 valence electrons. The molecule has 0 saturated carbocycles. The number of fused-ring (bicyclic) bond motifs is 1. The molecule has 1 aliphatic carbocycles. The average molecular weight is 390 g/mol. The number of hydrogen-bond acceptors (Lipinski definition) is 3. The summed E-state index contributed by atoms with van der Waals surface area (Å²) in [5.41, 5.74) is -3.73. The first kappa shape index (κ1) is 19.4. The molecule has 27 heavy (non-hydrogen) atoms. The summed E-state index contributed by atoms with van der Waals surface area (Å²) < 4.78 is 77.9. The fraction of sp³-hybridized carbons (Fsp3) is 0.278. The van der Waals surface area contributed by atoms with Crippen LogP contribution < -0.4 is 0 Å². The Morgan fingerprint density at radius 2 is 1.41 bits per heavy atom. The Labute approximate surface area is 148 Å². The van der Waals surface area contributed by atoms with Crippen molar-refractivity contribution >= 4 is 5.78 Å². The minimum atomic E-state index is -5.09. The van der Waals surface area contributed by atoms with Crippen molar-refractivity contribution in [3.8, 4) is 0 Å². The number of aliphatic hydroxyl groups is 2. The fourth-order valence-electron chi connectivity index (χ4n) is 3.17. The molecule has 0 saturated heterocycles. The normalized spacial score (nSPS) is 21.3. The number of aliphatic hydroxyl groups excluding tert-OH is 2. The van der Waals surface area contributed by atoms with E-state index in [1.165, 1.54) is 24.3 Å². The summed E-state index contributed by atoms with van der Waals surface area (Å²) in [6.07, 6.45) is -13.8. The van der Waals surface area contributed by atoms with Crippen molar-refractivity contribution in [1.29, 1.82) is 0 Å². The Hall–Kier alpha value is -2.39. The van der Waals surface area contributed by atoms with Gasteiger partial charge in [-0.25, -0.2) is 0 Å². The maximum atomic E-state index is 13.0. The lowest BCUT2D eigenvalue weighted by atomic mass is 9.89. The third-order valence-corrected chi connectivity index (χ3v) is 4.48. The Morgan fingerprint density at radius 1 is 0.889 bits per heavy atom. The molecule has 3 nitrogen and oxygen atoms in total. The minimum absolute atomic E-state index is 0.0667. The highest BCUT2D eigenvalue weighted by Gasteiger charge is 2.45. The highest BCUT2D eigenvalue weighted by molar-refractivity contribution is 6.03. The van der Waals surface area contributed by atoms with Crippen molar-refractivity contribution in [3.63, 3.8) is 0 Å². The largest absolute Gasteiger partial charge is 0.416 e. The molecule has 3 atom stereocenters. The van der Waals surface area contributed by atoms with Crippen LogP contribution >= 0.6 is 0 Å². The molecule has 0 bridgehead atoms. The lowest BCUT2D eigenvalue weighted by Gasteiger charge is -2.23. The van der Waals surface area contributed by atoms with E-state index in [9.17, 15) is 41.4 Å². The molecule has 0 heterocycles. The van der Waals surface area contributed by atoms with Gasteiger partial charge in [0.15, 0.2) is 5.78 Å². The summed E-state index contributed by atoms with van der Waals surface area (Å²) in [7, 11) is 0. The van der Waals surface area contributed by atoms with E-state index in [0.29, 0.717) is 12.1 Å². The van der Waals surface area contributed by atoms with Crippen LogP contribution in [0, 0.1) is 5.92 Å². The summed E-state index contributed by atoms with van der Waals surface area (Å²) >= 11 is 0.